The van der Waals surface area contributed by atoms with Crippen molar-refractivity contribution in [1.82, 2.24) is 5.32 Å². The fourth-order valence-corrected chi connectivity index (χ4v) is 1.89. The summed E-state index contributed by atoms with van der Waals surface area (Å²) in [7, 11) is 0. The van der Waals surface area contributed by atoms with E-state index in [1.165, 1.54) is 34.8 Å². The van der Waals surface area contributed by atoms with Crippen LogP contribution in [-0.2, 0) is 6.42 Å². The molecule has 0 saturated heterocycles. The number of aryl methyl sites for hydroxylation is 1. The molecule has 2 heteroatoms. The van der Waals surface area contributed by atoms with Gasteiger partial charge in [0, 0.05) is 3.57 Å². The summed E-state index contributed by atoms with van der Waals surface area (Å²) in [5, 5.41) is 3.43. The Morgan fingerprint density at radius 1 is 1.07 bits per heavy atom. The molecule has 0 bridgehead atoms. The van der Waals surface area contributed by atoms with E-state index in [-0.39, 0.29) is 0 Å². The standard InChI is InChI=1S/C13H20IN/c1-2-10-15-11-4-3-5-12-6-8-13(14)9-7-12/h6-9,15H,2-5,10-11H2,1H3. The predicted octanol–water partition coefficient (Wildman–Crippen LogP) is 3.61. The van der Waals surface area contributed by atoms with Crippen LogP contribution >= 0.6 is 22.6 Å². The third kappa shape index (κ3) is 6.15. The van der Waals surface area contributed by atoms with Crippen LogP contribution in [-0.4, -0.2) is 13.1 Å². The maximum absolute atomic E-state index is 3.43. The van der Waals surface area contributed by atoms with Crippen LogP contribution in [0.25, 0.3) is 0 Å². The molecular formula is C13H20IN. The van der Waals surface area contributed by atoms with Gasteiger partial charge in [-0.25, -0.2) is 0 Å². The summed E-state index contributed by atoms with van der Waals surface area (Å²) in [6.07, 6.45) is 5.02. The SMILES string of the molecule is CCCNCCCCc1ccc(I)cc1. The van der Waals surface area contributed by atoms with Crippen molar-refractivity contribution in [2.75, 3.05) is 13.1 Å². The van der Waals surface area contributed by atoms with Crippen LogP contribution in [0.4, 0.5) is 0 Å². The number of halogens is 1. The Kier molecular flexibility index (Phi) is 7.01. The zero-order chi connectivity index (χ0) is 10.9. The molecule has 1 nitrogen and oxygen atoms in total. The fourth-order valence-electron chi connectivity index (χ4n) is 1.53. The average molecular weight is 317 g/mol. The quantitative estimate of drug-likeness (QED) is 0.598. The lowest BCUT2D eigenvalue weighted by atomic mass is 10.1. The van der Waals surface area contributed by atoms with Gasteiger partial charge in [-0.3, -0.25) is 0 Å². The molecule has 0 amide bonds. The molecule has 84 valence electrons. The Morgan fingerprint density at radius 3 is 2.47 bits per heavy atom. The molecular weight excluding hydrogens is 297 g/mol. The average Bonchev–Trinajstić information content (AvgIpc) is 2.26. The molecule has 1 rings (SSSR count). The first-order chi connectivity index (χ1) is 7.33. The van der Waals surface area contributed by atoms with Crippen molar-refractivity contribution in [3.8, 4) is 0 Å². The molecule has 0 heterocycles. The normalized spacial score (nSPS) is 10.5. The third-order valence-electron chi connectivity index (χ3n) is 2.41. The lowest BCUT2D eigenvalue weighted by molar-refractivity contribution is 0.617. The molecule has 0 aromatic heterocycles. The first-order valence-electron chi connectivity index (χ1n) is 5.78. The van der Waals surface area contributed by atoms with E-state index in [1.54, 1.807) is 0 Å². The maximum atomic E-state index is 3.43. The maximum Gasteiger partial charge on any atom is 0.0130 e. The third-order valence-corrected chi connectivity index (χ3v) is 3.13. The summed E-state index contributed by atoms with van der Waals surface area (Å²) >= 11 is 2.35. The Bertz CT molecular complexity index is 256. The van der Waals surface area contributed by atoms with Crippen LogP contribution in [0, 0.1) is 3.57 Å². The highest BCUT2D eigenvalue weighted by atomic mass is 127. The van der Waals surface area contributed by atoms with Gasteiger partial charge in [0.05, 0.1) is 0 Å². The van der Waals surface area contributed by atoms with Gasteiger partial charge < -0.3 is 5.32 Å². The zero-order valence-corrected chi connectivity index (χ0v) is 11.6. The largest absolute Gasteiger partial charge is 0.317 e. The van der Waals surface area contributed by atoms with E-state index < -0.39 is 0 Å². The summed E-state index contributed by atoms with van der Waals surface area (Å²) in [4.78, 5) is 0. The second-order valence-corrected chi connectivity index (χ2v) is 5.08. The van der Waals surface area contributed by atoms with E-state index in [0.717, 1.165) is 13.1 Å². The topological polar surface area (TPSA) is 12.0 Å². The summed E-state index contributed by atoms with van der Waals surface area (Å²) in [6.45, 7) is 4.53. The van der Waals surface area contributed by atoms with Gasteiger partial charge >= 0.3 is 0 Å². The highest BCUT2D eigenvalue weighted by molar-refractivity contribution is 14.1. The zero-order valence-electron chi connectivity index (χ0n) is 9.43. The number of rotatable bonds is 7. The minimum atomic E-state index is 1.16. The first kappa shape index (κ1) is 13.0. The van der Waals surface area contributed by atoms with Crippen LogP contribution in [0.5, 0.6) is 0 Å². The molecule has 0 radical (unpaired) electrons. The van der Waals surface area contributed by atoms with Crippen LogP contribution in [0.1, 0.15) is 31.7 Å². The van der Waals surface area contributed by atoms with Crippen molar-refractivity contribution in [1.29, 1.82) is 0 Å². The van der Waals surface area contributed by atoms with Crippen LogP contribution in [0.3, 0.4) is 0 Å². The van der Waals surface area contributed by atoms with Gasteiger partial charge in [-0.15, -0.1) is 0 Å². The van der Waals surface area contributed by atoms with Crippen LogP contribution < -0.4 is 5.32 Å². The summed E-state index contributed by atoms with van der Waals surface area (Å²) in [5.41, 5.74) is 1.46. The van der Waals surface area contributed by atoms with E-state index in [9.17, 15) is 0 Å². The van der Waals surface area contributed by atoms with Gasteiger partial charge in [-0.2, -0.15) is 0 Å². The molecule has 1 aromatic carbocycles. The van der Waals surface area contributed by atoms with Crippen molar-refractivity contribution in [2.45, 2.75) is 32.6 Å². The number of unbranched alkanes of at least 4 members (excludes halogenated alkanes) is 1. The minimum absolute atomic E-state index is 1.16. The molecule has 0 aliphatic heterocycles. The summed E-state index contributed by atoms with van der Waals surface area (Å²) in [6, 6.07) is 8.85. The second kappa shape index (κ2) is 8.11. The Balaban J connectivity index is 2.07. The molecule has 0 spiro atoms. The monoisotopic (exact) mass is 317 g/mol. The highest BCUT2D eigenvalue weighted by Gasteiger charge is 1.93. The molecule has 1 aromatic rings. The molecule has 0 saturated carbocycles. The lowest BCUT2D eigenvalue weighted by Gasteiger charge is -2.03. The number of hydrogen-bond acceptors (Lipinski definition) is 1. The fraction of sp³-hybridized carbons (Fsp3) is 0.538. The van der Waals surface area contributed by atoms with Gasteiger partial charge in [0.15, 0.2) is 0 Å². The Labute approximate surface area is 107 Å². The first-order valence-corrected chi connectivity index (χ1v) is 6.86. The molecule has 0 fully saturated rings. The van der Waals surface area contributed by atoms with Gasteiger partial charge in [-0.1, -0.05) is 19.1 Å². The minimum Gasteiger partial charge on any atom is -0.317 e. The summed E-state index contributed by atoms with van der Waals surface area (Å²) in [5.74, 6) is 0. The second-order valence-electron chi connectivity index (χ2n) is 3.83. The number of hydrogen-bond donors (Lipinski definition) is 1. The molecule has 1 N–H and O–H groups in total. The van der Waals surface area contributed by atoms with Gasteiger partial charge in [0.25, 0.3) is 0 Å². The molecule has 0 unspecified atom stereocenters. The molecule has 0 aliphatic rings. The van der Waals surface area contributed by atoms with Gasteiger partial charge in [-0.05, 0) is 79.1 Å². The summed E-state index contributed by atoms with van der Waals surface area (Å²) < 4.78 is 1.32. The van der Waals surface area contributed by atoms with Crippen molar-refractivity contribution in [3.63, 3.8) is 0 Å². The highest BCUT2D eigenvalue weighted by Crippen LogP contribution is 2.09. The van der Waals surface area contributed by atoms with E-state index in [2.05, 4.69) is 59.1 Å². The predicted molar refractivity (Wildman–Crippen MR) is 75.3 cm³/mol. The van der Waals surface area contributed by atoms with E-state index in [4.69, 9.17) is 0 Å². The number of benzene rings is 1. The van der Waals surface area contributed by atoms with E-state index in [0.29, 0.717) is 0 Å². The van der Waals surface area contributed by atoms with E-state index in [1.807, 2.05) is 0 Å². The van der Waals surface area contributed by atoms with Gasteiger partial charge in [0.2, 0.25) is 0 Å². The number of nitrogens with one attached hydrogen (secondary N) is 1. The molecule has 15 heavy (non-hydrogen) atoms. The molecule has 0 aliphatic carbocycles. The Hall–Kier alpha value is -0.0900. The van der Waals surface area contributed by atoms with E-state index >= 15 is 0 Å². The smallest absolute Gasteiger partial charge is 0.0130 e. The van der Waals surface area contributed by atoms with Crippen LogP contribution in [0.2, 0.25) is 0 Å². The van der Waals surface area contributed by atoms with Crippen molar-refractivity contribution >= 4 is 22.6 Å². The lowest BCUT2D eigenvalue weighted by Crippen LogP contribution is -2.15. The Morgan fingerprint density at radius 2 is 1.80 bits per heavy atom. The molecule has 0 atom stereocenters. The van der Waals surface area contributed by atoms with Crippen molar-refractivity contribution < 1.29 is 0 Å². The van der Waals surface area contributed by atoms with Gasteiger partial charge in [0.1, 0.15) is 0 Å². The van der Waals surface area contributed by atoms with Crippen molar-refractivity contribution in [3.05, 3.63) is 33.4 Å². The van der Waals surface area contributed by atoms with Crippen LogP contribution in [0.15, 0.2) is 24.3 Å². The van der Waals surface area contributed by atoms with Crippen molar-refractivity contribution in [2.24, 2.45) is 0 Å².